The summed E-state index contributed by atoms with van der Waals surface area (Å²) in [5.41, 5.74) is 0. The molecule has 94 valence electrons. The molecule has 0 aliphatic carbocycles. The molecule has 0 aliphatic heterocycles. The number of hydrogen-bond donors (Lipinski definition) is 3. The van der Waals surface area contributed by atoms with E-state index in [0.717, 1.165) is 0 Å². The Bertz CT molecular complexity index is 399. The summed E-state index contributed by atoms with van der Waals surface area (Å²) in [6.45, 7) is 6.16. The van der Waals surface area contributed by atoms with Crippen molar-refractivity contribution >= 4 is 11.8 Å². The lowest BCUT2D eigenvalue weighted by Gasteiger charge is -2.02. The van der Waals surface area contributed by atoms with Crippen LogP contribution in [0.3, 0.4) is 0 Å². The molecule has 0 aliphatic rings. The number of likely N-dealkylation sites (N-methyl/N-ethyl adjacent to an activating group) is 1. The molecule has 17 heavy (non-hydrogen) atoms. The topological polar surface area (TPSA) is 99.8 Å². The van der Waals surface area contributed by atoms with Crippen LogP contribution in [0.5, 0.6) is 0 Å². The van der Waals surface area contributed by atoms with E-state index in [4.69, 9.17) is 0 Å². The third kappa shape index (κ3) is 3.86. The van der Waals surface area contributed by atoms with E-state index in [2.05, 4.69) is 25.8 Å². The molecule has 0 spiro atoms. The van der Waals surface area contributed by atoms with Crippen LogP contribution in [0.1, 0.15) is 43.1 Å². The van der Waals surface area contributed by atoms with Gasteiger partial charge in [0.05, 0.1) is 6.54 Å². The monoisotopic (exact) mass is 239 g/mol. The van der Waals surface area contributed by atoms with Crippen molar-refractivity contribution in [1.82, 2.24) is 25.8 Å². The Labute approximate surface area is 99.4 Å². The Morgan fingerprint density at radius 3 is 2.59 bits per heavy atom. The first-order valence-electron chi connectivity index (χ1n) is 5.51. The normalized spacial score (nSPS) is 10.4. The molecule has 0 aromatic carbocycles. The van der Waals surface area contributed by atoms with Gasteiger partial charge in [-0.2, -0.15) is 0 Å². The van der Waals surface area contributed by atoms with Crippen LogP contribution in [0.2, 0.25) is 0 Å². The smallest absolute Gasteiger partial charge is 0.291 e. The van der Waals surface area contributed by atoms with Gasteiger partial charge in [-0.05, 0) is 6.92 Å². The van der Waals surface area contributed by atoms with E-state index in [1.165, 1.54) is 0 Å². The lowest BCUT2D eigenvalue weighted by Crippen LogP contribution is -2.37. The molecule has 0 radical (unpaired) electrons. The SMILES string of the molecule is CCNC(=O)CNC(=O)c1n[nH]c(C(C)C)n1. The molecular weight excluding hydrogens is 222 g/mol. The summed E-state index contributed by atoms with van der Waals surface area (Å²) < 4.78 is 0. The van der Waals surface area contributed by atoms with E-state index in [0.29, 0.717) is 12.4 Å². The lowest BCUT2D eigenvalue weighted by molar-refractivity contribution is -0.120. The second kappa shape index (κ2) is 5.97. The molecule has 7 heteroatoms. The summed E-state index contributed by atoms with van der Waals surface area (Å²) in [4.78, 5) is 26.7. The van der Waals surface area contributed by atoms with Crippen LogP contribution in [0, 0.1) is 0 Å². The molecule has 2 amide bonds. The molecular formula is C10H17N5O2. The third-order valence-electron chi connectivity index (χ3n) is 2.04. The molecule has 0 atom stereocenters. The zero-order valence-electron chi connectivity index (χ0n) is 10.2. The van der Waals surface area contributed by atoms with Crippen molar-refractivity contribution in [3.63, 3.8) is 0 Å². The van der Waals surface area contributed by atoms with Gasteiger partial charge >= 0.3 is 0 Å². The molecule has 3 N–H and O–H groups in total. The number of hydrogen-bond acceptors (Lipinski definition) is 4. The summed E-state index contributed by atoms with van der Waals surface area (Å²) in [5.74, 6) is 0.179. The van der Waals surface area contributed by atoms with Gasteiger partial charge in [-0.25, -0.2) is 4.98 Å². The number of H-pyrrole nitrogens is 1. The first-order valence-corrected chi connectivity index (χ1v) is 5.51. The largest absolute Gasteiger partial charge is 0.355 e. The molecule has 1 aromatic heterocycles. The maximum atomic E-state index is 11.6. The second-order valence-corrected chi connectivity index (χ2v) is 3.84. The van der Waals surface area contributed by atoms with E-state index < -0.39 is 5.91 Å². The molecule has 1 rings (SSSR count). The second-order valence-electron chi connectivity index (χ2n) is 3.84. The fraction of sp³-hybridized carbons (Fsp3) is 0.600. The number of carbonyl (C=O) groups is 2. The highest BCUT2D eigenvalue weighted by Crippen LogP contribution is 2.07. The van der Waals surface area contributed by atoms with Gasteiger partial charge in [0.1, 0.15) is 5.82 Å². The first kappa shape index (κ1) is 13.1. The van der Waals surface area contributed by atoms with Crippen molar-refractivity contribution < 1.29 is 9.59 Å². The van der Waals surface area contributed by atoms with Gasteiger partial charge in [0.25, 0.3) is 5.91 Å². The van der Waals surface area contributed by atoms with Crippen molar-refractivity contribution in [1.29, 1.82) is 0 Å². The van der Waals surface area contributed by atoms with E-state index in [-0.39, 0.29) is 24.2 Å². The van der Waals surface area contributed by atoms with Crippen molar-refractivity contribution in [2.75, 3.05) is 13.1 Å². The van der Waals surface area contributed by atoms with Crippen LogP contribution < -0.4 is 10.6 Å². The summed E-state index contributed by atoms with van der Waals surface area (Å²) in [7, 11) is 0. The van der Waals surface area contributed by atoms with Crippen molar-refractivity contribution in [3.8, 4) is 0 Å². The van der Waals surface area contributed by atoms with E-state index in [1.54, 1.807) is 0 Å². The number of rotatable bonds is 5. The predicted molar refractivity (Wildman–Crippen MR) is 61.5 cm³/mol. The van der Waals surface area contributed by atoms with Gasteiger partial charge in [-0.3, -0.25) is 14.7 Å². The highest BCUT2D eigenvalue weighted by molar-refractivity contribution is 5.93. The summed E-state index contributed by atoms with van der Waals surface area (Å²) in [5, 5.41) is 11.5. The Kier molecular flexibility index (Phi) is 4.62. The van der Waals surface area contributed by atoms with Crippen LogP contribution >= 0.6 is 0 Å². The Morgan fingerprint density at radius 1 is 1.35 bits per heavy atom. The van der Waals surface area contributed by atoms with Crippen molar-refractivity contribution in [2.45, 2.75) is 26.7 Å². The number of amides is 2. The summed E-state index contributed by atoms with van der Waals surface area (Å²) in [6.07, 6.45) is 0. The molecule has 0 unspecified atom stereocenters. The van der Waals surface area contributed by atoms with Gasteiger partial charge in [0.15, 0.2) is 0 Å². The molecule has 0 bridgehead atoms. The molecule has 7 nitrogen and oxygen atoms in total. The molecule has 0 saturated carbocycles. The Hall–Kier alpha value is -1.92. The third-order valence-corrected chi connectivity index (χ3v) is 2.04. The first-order chi connectivity index (χ1) is 8.04. The van der Waals surface area contributed by atoms with Gasteiger partial charge in [0, 0.05) is 12.5 Å². The number of aromatic nitrogens is 3. The number of aromatic amines is 1. The molecule has 0 fully saturated rings. The fourth-order valence-electron chi connectivity index (χ4n) is 1.13. The van der Waals surface area contributed by atoms with Crippen LogP contribution in [-0.2, 0) is 4.79 Å². The van der Waals surface area contributed by atoms with E-state index >= 15 is 0 Å². The average molecular weight is 239 g/mol. The standard InChI is InChI=1S/C10H17N5O2/c1-4-11-7(16)5-12-10(17)9-13-8(6(2)3)14-15-9/h6H,4-5H2,1-3H3,(H,11,16)(H,12,17)(H,13,14,15). The van der Waals surface area contributed by atoms with Gasteiger partial charge in [-0.1, -0.05) is 13.8 Å². The Balaban J connectivity index is 2.49. The minimum Gasteiger partial charge on any atom is -0.355 e. The van der Waals surface area contributed by atoms with Crippen LogP contribution in [0.4, 0.5) is 0 Å². The lowest BCUT2D eigenvalue weighted by atomic mass is 10.2. The molecule has 1 heterocycles. The van der Waals surface area contributed by atoms with Crippen LogP contribution in [0.15, 0.2) is 0 Å². The maximum absolute atomic E-state index is 11.6. The number of nitrogens with zero attached hydrogens (tertiary/aromatic N) is 2. The van der Waals surface area contributed by atoms with E-state index in [9.17, 15) is 9.59 Å². The highest BCUT2D eigenvalue weighted by Gasteiger charge is 2.14. The van der Waals surface area contributed by atoms with Gasteiger partial charge in [0.2, 0.25) is 11.7 Å². The zero-order valence-corrected chi connectivity index (χ0v) is 10.2. The Morgan fingerprint density at radius 2 is 2.06 bits per heavy atom. The van der Waals surface area contributed by atoms with Crippen LogP contribution in [0.25, 0.3) is 0 Å². The maximum Gasteiger partial charge on any atom is 0.291 e. The van der Waals surface area contributed by atoms with Crippen molar-refractivity contribution in [3.05, 3.63) is 11.6 Å². The molecule has 1 aromatic rings. The zero-order chi connectivity index (χ0) is 12.8. The quantitative estimate of drug-likeness (QED) is 0.662. The van der Waals surface area contributed by atoms with Gasteiger partial charge in [-0.15, -0.1) is 5.10 Å². The minimum atomic E-state index is -0.459. The fourth-order valence-corrected chi connectivity index (χ4v) is 1.13. The van der Waals surface area contributed by atoms with Crippen LogP contribution in [-0.4, -0.2) is 40.1 Å². The summed E-state index contributed by atoms with van der Waals surface area (Å²) in [6, 6.07) is 0. The van der Waals surface area contributed by atoms with Crippen molar-refractivity contribution in [2.24, 2.45) is 0 Å². The average Bonchev–Trinajstić information content (AvgIpc) is 2.75. The van der Waals surface area contributed by atoms with E-state index in [1.807, 2.05) is 20.8 Å². The highest BCUT2D eigenvalue weighted by atomic mass is 16.2. The molecule has 0 saturated heterocycles. The summed E-state index contributed by atoms with van der Waals surface area (Å²) >= 11 is 0. The minimum absolute atomic E-state index is 0.0537. The number of nitrogens with one attached hydrogen (secondary N) is 3. The predicted octanol–water partition coefficient (Wildman–Crippen LogP) is -0.206. The number of carbonyl (C=O) groups excluding carboxylic acids is 2. The van der Waals surface area contributed by atoms with Gasteiger partial charge < -0.3 is 10.6 Å².